The molecule has 12 nitrogen and oxygen atoms in total. The summed E-state index contributed by atoms with van der Waals surface area (Å²) in [7, 11) is -0.145. The number of sulfonamides is 1. The third-order valence-electron chi connectivity index (χ3n) is 6.27. The normalized spacial score (nSPS) is 15.2. The maximum Gasteiger partial charge on any atom is 0.299 e. The molecule has 3 N–H and O–H groups in total. The van der Waals surface area contributed by atoms with E-state index >= 15 is 0 Å². The van der Waals surface area contributed by atoms with Crippen molar-refractivity contribution in [2.45, 2.75) is 17.7 Å². The molecule has 43 heavy (non-hydrogen) atoms. The molecule has 1 fully saturated rings. The van der Waals surface area contributed by atoms with E-state index in [1.807, 2.05) is 19.0 Å². The van der Waals surface area contributed by atoms with E-state index in [1.54, 1.807) is 12.1 Å². The molecule has 0 atom stereocenters. The first-order valence-electron chi connectivity index (χ1n) is 13.1. The molecule has 1 aromatic heterocycles. The Morgan fingerprint density at radius 3 is 2.47 bits per heavy atom. The van der Waals surface area contributed by atoms with E-state index in [1.165, 1.54) is 53.0 Å². The van der Waals surface area contributed by atoms with Crippen molar-refractivity contribution in [3.8, 4) is 0 Å². The summed E-state index contributed by atoms with van der Waals surface area (Å²) in [6, 6.07) is 10.5. The number of halogens is 2. The van der Waals surface area contributed by atoms with Gasteiger partial charge in [0.2, 0.25) is 15.9 Å². The molecule has 0 radical (unpaired) electrons. The molecule has 1 aliphatic heterocycles. The molecule has 1 saturated heterocycles. The molecular weight excluding hydrogens is 617 g/mol. The standard InChI is InChI=1S/C28H29Cl2N7O5S/c1-36(2)14-5-9-24(38)32-18-10-12-20(13-11-18)43(41,42)37-15-4-6-19(17-37)33-28(40)26-23(16-31-35-26)34-27(39)25-21(29)7-3-8-22(25)30/h3,5,7-13,16H,4,6,14-15,17H2,1-2H3,(H,31,35)(H,32,38)(H,34,39)/b9-5+,33-19-. The van der Waals surface area contributed by atoms with Crippen molar-refractivity contribution in [1.82, 2.24) is 19.4 Å². The van der Waals surface area contributed by atoms with Crippen LogP contribution in [0.2, 0.25) is 10.0 Å². The van der Waals surface area contributed by atoms with Crippen LogP contribution in [-0.2, 0) is 14.8 Å². The lowest BCUT2D eigenvalue weighted by Crippen LogP contribution is -2.40. The number of aliphatic imine (C=N–C) groups is 1. The highest BCUT2D eigenvalue weighted by molar-refractivity contribution is 7.89. The van der Waals surface area contributed by atoms with E-state index < -0.39 is 21.8 Å². The zero-order valence-electron chi connectivity index (χ0n) is 23.3. The Labute approximate surface area is 258 Å². The summed E-state index contributed by atoms with van der Waals surface area (Å²) in [5.74, 6) is -1.72. The molecule has 0 spiro atoms. The molecule has 0 unspecified atom stereocenters. The van der Waals surface area contributed by atoms with Crippen LogP contribution in [-0.4, -0.2) is 85.0 Å². The molecule has 226 valence electrons. The number of nitrogens with zero attached hydrogens (tertiary/aromatic N) is 4. The van der Waals surface area contributed by atoms with Crippen LogP contribution in [0.4, 0.5) is 11.4 Å². The average Bonchev–Trinajstić information content (AvgIpc) is 3.41. The number of benzene rings is 2. The highest BCUT2D eigenvalue weighted by Crippen LogP contribution is 2.26. The summed E-state index contributed by atoms with van der Waals surface area (Å²) >= 11 is 12.2. The first kappa shape index (κ1) is 32.0. The van der Waals surface area contributed by atoms with Crippen molar-refractivity contribution in [3.63, 3.8) is 0 Å². The second kappa shape index (κ2) is 14.1. The van der Waals surface area contributed by atoms with Gasteiger partial charge in [0.05, 0.1) is 32.7 Å². The van der Waals surface area contributed by atoms with E-state index in [0.29, 0.717) is 30.8 Å². The van der Waals surface area contributed by atoms with Gasteiger partial charge in [-0.05, 0) is 63.3 Å². The monoisotopic (exact) mass is 645 g/mol. The van der Waals surface area contributed by atoms with Crippen molar-refractivity contribution in [3.05, 3.63) is 82.1 Å². The molecule has 0 aliphatic carbocycles. The Balaban J connectivity index is 1.43. The number of likely N-dealkylation sites (N-methyl/N-ethyl adjacent to an activating group) is 1. The largest absolute Gasteiger partial charge is 0.323 e. The fraction of sp³-hybridized carbons (Fsp3) is 0.250. The number of carbonyl (C=O) groups is 3. The highest BCUT2D eigenvalue weighted by Gasteiger charge is 2.29. The minimum Gasteiger partial charge on any atom is -0.323 e. The van der Waals surface area contributed by atoms with Crippen molar-refractivity contribution in [2.24, 2.45) is 4.99 Å². The fourth-order valence-electron chi connectivity index (χ4n) is 4.18. The molecule has 3 aromatic rings. The number of nitrogens with one attached hydrogen (secondary N) is 3. The van der Waals surface area contributed by atoms with Gasteiger partial charge in [-0.1, -0.05) is 35.3 Å². The zero-order chi connectivity index (χ0) is 31.1. The molecule has 4 rings (SSSR count). The number of aromatic nitrogens is 2. The predicted octanol–water partition coefficient (Wildman–Crippen LogP) is 4.09. The summed E-state index contributed by atoms with van der Waals surface area (Å²) in [6.07, 6.45) is 5.31. The van der Waals surface area contributed by atoms with Gasteiger partial charge in [-0.2, -0.15) is 9.40 Å². The number of rotatable bonds is 9. The summed E-state index contributed by atoms with van der Waals surface area (Å²) in [5.41, 5.74) is 0.748. The Morgan fingerprint density at radius 2 is 1.79 bits per heavy atom. The topological polar surface area (TPSA) is 157 Å². The lowest BCUT2D eigenvalue weighted by atomic mass is 10.1. The molecule has 0 bridgehead atoms. The van der Waals surface area contributed by atoms with Gasteiger partial charge < -0.3 is 15.5 Å². The van der Waals surface area contributed by atoms with Gasteiger partial charge in [0.1, 0.15) is 0 Å². The van der Waals surface area contributed by atoms with Crippen molar-refractivity contribution < 1.29 is 22.8 Å². The van der Waals surface area contributed by atoms with Crippen molar-refractivity contribution in [1.29, 1.82) is 0 Å². The van der Waals surface area contributed by atoms with Crippen LogP contribution in [0.5, 0.6) is 0 Å². The van der Waals surface area contributed by atoms with Gasteiger partial charge >= 0.3 is 0 Å². The Bertz CT molecular complexity index is 1670. The molecule has 0 saturated carbocycles. The Kier molecular flexibility index (Phi) is 10.5. The molecule has 2 aromatic carbocycles. The number of aromatic amines is 1. The number of H-pyrrole nitrogens is 1. The molecule has 1 aliphatic rings. The van der Waals surface area contributed by atoms with Crippen molar-refractivity contribution >= 4 is 68.0 Å². The van der Waals surface area contributed by atoms with Gasteiger partial charge in [0.25, 0.3) is 11.8 Å². The smallest absolute Gasteiger partial charge is 0.299 e. The Morgan fingerprint density at radius 1 is 1.09 bits per heavy atom. The number of anilines is 2. The molecule has 3 amide bonds. The van der Waals surface area contributed by atoms with Crippen LogP contribution in [0.3, 0.4) is 0 Å². The van der Waals surface area contributed by atoms with Gasteiger partial charge in [0.15, 0.2) is 5.69 Å². The second-order valence-electron chi connectivity index (χ2n) is 9.80. The van der Waals surface area contributed by atoms with Gasteiger partial charge in [0, 0.05) is 36.8 Å². The van der Waals surface area contributed by atoms with Crippen LogP contribution < -0.4 is 10.6 Å². The molecule has 15 heteroatoms. The third-order valence-corrected chi connectivity index (χ3v) is 8.76. The average molecular weight is 647 g/mol. The maximum atomic E-state index is 13.3. The maximum absolute atomic E-state index is 13.3. The number of carbonyl (C=O) groups excluding carboxylic acids is 3. The van der Waals surface area contributed by atoms with Crippen LogP contribution in [0.1, 0.15) is 33.7 Å². The molecular formula is C28H29Cl2N7O5S. The van der Waals surface area contributed by atoms with E-state index in [2.05, 4.69) is 25.8 Å². The first-order valence-corrected chi connectivity index (χ1v) is 15.3. The number of hydrogen-bond acceptors (Lipinski definition) is 7. The predicted molar refractivity (Wildman–Crippen MR) is 166 cm³/mol. The second-order valence-corrected chi connectivity index (χ2v) is 12.6. The fourth-order valence-corrected chi connectivity index (χ4v) is 6.21. The number of amides is 3. The highest BCUT2D eigenvalue weighted by atomic mass is 35.5. The van der Waals surface area contributed by atoms with Crippen LogP contribution in [0.15, 0.2) is 70.7 Å². The van der Waals surface area contributed by atoms with E-state index in [4.69, 9.17) is 23.2 Å². The van der Waals surface area contributed by atoms with Crippen LogP contribution in [0, 0.1) is 0 Å². The Hall–Kier alpha value is -3.88. The van der Waals surface area contributed by atoms with Crippen LogP contribution in [0.25, 0.3) is 0 Å². The minimum atomic E-state index is -3.91. The lowest BCUT2D eigenvalue weighted by Gasteiger charge is -2.27. The SMILES string of the molecule is CN(C)C/C=C/C(=O)Nc1ccc(S(=O)(=O)N2CCC/C(=N/C(=O)c3n[nH]cc3NC(=O)c3c(Cl)cccc3Cl)C2)cc1. The van der Waals surface area contributed by atoms with Crippen LogP contribution >= 0.6 is 23.2 Å². The van der Waals surface area contributed by atoms with Gasteiger partial charge in [-0.15, -0.1) is 0 Å². The van der Waals surface area contributed by atoms with Gasteiger partial charge in [-0.25, -0.2) is 13.4 Å². The minimum absolute atomic E-state index is 0.0387. The van der Waals surface area contributed by atoms with E-state index in [-0.39, 0.29) is 50.9 Å². The first-order chi connectivity index (χ1) is 20.5. The van der Waals surface area contributed by atoms with E-state index in [0.717, 1.165) is 0 Å². The summed E-state index contributed by atoms with van der Waals surface area (Å²) in [4.78, 5) is 43.9. The quantitative estimate of drug-likeness (QED) is 0.296. The molecule has 2 heterocycles. The number of piperidine rings is 1. The summed E-state index contributed by atoms with van der Waals surface area (Å²) in [6.45, 7) is 0.757. The summed E-state index contributed by atoms with van der Waals surface area (Å²) in [5, 5.41) is 12.0. The van der Waals surface area contributed by atoms with E-state index in [9.17, 15) is 22.8 Å². The van der Waals surface area contributed by atoms with Gasteiger partial charge in [-0.3, -0.25) is 19.5 Å². The van der Waals surface area contributed by atoms with Crippen molar-refractivity contribution in [2.75, 3.05) is 44.4 Å². The zero-order valence-corrected chi connectivity index (χ0v) is 25.6. The lowest BCUT2D eigenvalue weighted by molar-refractivity contribution is -0.111. The third kappa shape index (κ3) is 8.15. The number of hydrogen-bond donors (Lipinski definition) is 3. The summed E-state index contributed by atoms with van der Waals surface area (Å²) < 4.78 is 27.9.